The van der Waals surface area contributed by atoms with Gasteiger partial charge in [-0.1, -0.05) is 0 Å². The molecule has 1 aromatic carbocycles. The van der Waals surface area contributed by atoms with Crippen molar-refractivity contribution >= 4 is 21.6 Å². The second-order valence-corrected chi connectivity index (χ2v) is 7.71. The highest BCUT2D eigenvalue weighted by Crippen LogP contribution is 2.26. The summed E-state index contributed by atoms with van der Waals surface area (Å²) in [7, 11) is -3.62. The van der Waals surface area contributed by atoms with Crippen molar-refractivity contribution in [2.75, 3.05) is 0 Å². The molecule has 1 aliphatic rings. The van der Waals surface area contributed by atoms with E-state index in [0.717, 1.165) is 25.7 Å². The van der Waals surface area contributed by atoms with Gasteiger partial charge in [-0.15, -0.1) is 11.6 Å². The summed E-state index contributed by atoms with van der Waals surface area (Å²) in [6.07, 6.45) is 3.12. The van der Waals surface area contributed by atoms with E-state index < -0.39 is 15.8 Å². The van der Waals surface area contributed by atoms with E-state index in [1.165, 1.54) is 12.1 Å². The normalized spacial score (nSPS) is 23.8. The van der Waals surface area contributed by atoms with E-state index >= 15 is 0 Å². The maximum atomic E-state index is 13.3. The summed E-state index contributed by atoms with van der Waals surface area (Å²) in [5.41, 5.74) is 0.863. The smallest absolute Gasteiger partial charge is 0.208 e. The fourth-order valence-electron chi connectivity index (χ4n) is 2.77. The SMILES string of the molecule is Cc1cc(F)cc(C)c1S(=O)(=O)NC1CCC(Cl)CC1. The lowest BCUT2D eigenvalue weighted by atomic mass is 9.96. The fourth-order valence-corrected chi connectivity index (χ4v) is 4.78. The molecule has 1 aromatic rings. The molecule has 0 unspecified atom stereocenters. The van der Waals surface area contributed by atoms with Crippen LogP contribution in [0.3, 0.4) is 0 Å². The van der Waals surface area contributed by atoms with Gasteiger partial charge in [-0.2, -0.15) is 0 Å². The first-order valence-electron chi connectivity index (χ1n) is 6.73. The largest absolute Gasteiger partial charge is 0.241 e. The Morgan fingerprint density at radius 3 is 2.15 bits per heavy atom. The van der Waals surface area contributed by atoms with Crippen molar-refractivity contribution in [1.29, 1.82) is 0 Å². The number of hydrogen-bond donors (Lipinski definition) is 1. The maximum absolute atomic E-state index is 13.3. The van der Waals surface area contributed by atoms with Gasteiger partial charge in [0.05, 0.1) is 4.90 Å². The Hall–Kier alpha value is -0.650. The number of hydrogen-bond acceptors (Lipinski definition) is 2. The van der Waals surface area contributed by atoms with Gasteiger partial charge in [0, 0.05) is 11.4 Å². The highest BCUT2D eigenvalue weighted by Gasteiger charge is 2.27. The molecule has 0 amide bonds. The first-order valence-corrected chi connectivity index (χ1v) is 8.64. The Kier molecular flexibility index (Phi) is 4.72. The van der Waals surface area contributed by atoms with Gasteiger partial charge in [0.15, 0.2) is 0 Å². The monoisotopic (exact) mass is 319 g/mol. The first kappa shape index (κ1) is 15.7. The molecule has 1 saturated carbocycles. The Balaban J connectivity index is 2.23. The highest BCUT2D eigenvalue weighted by molar-refractivity contribution is 7.89. The predicted molar refractivity (Wildman–Crippen MR) is 78.1 cm³/mol. The van der Waals surface area contributed by atoms with E-state index in [4.69, 9.17) is 11.6 Å². The topological polar surface area (TPSA) is 46.2 Å². The van der Waals surface area contributed by atoms with Crippen LogP contribution in [0.4, 0.5) is 4.39 Å². The zero-order chi connectivity index (χ0) is 14.9. The van der Waals surface area contributed by atoms with E-state index in [-0.39, 0.29) is 16.3 Å². The van der Waals surface area contributed by atoms with Crippen LogP contribution >= 0.6 is 11.6 Å². The molecule has 0 aromatic heterocycles. The van der Waals surface area contributed by atoms with Crippen molar-refractivity contribution in [1.82, 2.24) is 4.72 Å². The molecule has 1 fully saturated rings. The Bertz CT molecular complexity index is 572. The van der Waals surface area contributed by atoms with Gasteiger partial charge >= 0.3 is 0 Å². The third-order valence-corrected chi connectivity index (χ3v) is 5.93. The third kappa shape index (κ3) is 3.51. The van der Waals surface area contributed by atoms with Crippen LogP contribution in [0.15, 0.2) is 17.0 Å². The van der Waals surface area contributed by atoms with Gasteiger partial charge in [0.25, 0.3) is 0 Å². The van der Waals surface area contributed by atoms with Crippen LogP contribution in [0.2, 0.25) is 0 Å². The minimum atomic E-state index is -3.62. The summed E-state index contributed by atoms with van der Waals surface area (Å²) in [6.45, 7) is 3.22. The predicted octanol–water partition coefficient (Wildman–Crippen LogP) is 3.27. The second kappa shape index (κ2) is 6.00. The van der Waals surface area contributed by atoms with E-state index in [9.17, 15) is 12.8 Å². The number of rotatable bonds is 3. The lowest BCUT2D eigenvalue weighted by molar-refractivity contribution is 0.416. The molecule has 3 nitrogen and oxygen atoms in total. The lowest BCUT2D eigenvalue weighted by Crippen LogP contribution is -2.38. The third-order valence-electron chi connectivity index (χ3n) is 3.67. The van der Waals surface area contributed by atoms with Crippen LogP contribution in [0.1, 0.15) is 36.8 Å². The molecule has 20 heavy (non-hydrogen) atoms. The molecule has 112 valence electrons. The van der Waals surface area contributed by atoms with E-state index in [1.807, 2.05) is 0 Å². The minimum absolute atomic E-state index is 0.0844. The molecule has 0 heterocycles. The van der Waals surface area contributed by atoms with Crippen LogP contribution in [0.5, 0.6) is 0 Å². The summed E-state index contributed by atoms with van der Waals surface area (Å²) in [6, 6.07) is 2.41. The number of halogens is 2. The molecule has 2 rings (SSSR count). The van der Waals surface area contributed by atoms with Crippen LogP contribution in [-0.4, -0.2) is 19.8 Å². The number of sulfonamides is 1. The average molecular weight is 320 g/mol. The summed E-state index contributed by atoms with van der Waals surface area (Å²) >= 11 is 6.02. The quantitative estimate of drug-likeness (QED) is 0.869. The minimum Gasteiger partial charge on any atom is -0.208 e. The Morgan fingerprint density at radius 2 is 1.65 bits per heavy atom. The molecule has 0 bridgehead atoms. The summed E-state index contributed by atoms with van der Waals surface area (Å²) < 4.78 is 40.9. The zero-order valence-corrected chi connectivity index (χ0v) is 13.2. The first-order chi connectivity index (χ1) is 9.29. The molecule has 6 heteroatoms. The van der Waals surface area contributed by atoms with Crippen molar-refractivity contribution in [2.45, 2.75) is 55.8 Å². The van der Waals surface area contributed by atoms with E-state index in [1.54, 1.807) is 13.8 Å². The van der Waals surface area contributed by atoms with E-state index in [2.05, 4.69) is 4.72 Å². The van der Waals surface area contributed by atoms with Crippen molar-refractivity contribution in [3.05, 3.63) is 29.1 Å². The molecule has 1 N–H and O–H groups in total. The second-order valence-electron chi connectivity index (χ2n) is 5.44. The molecule has 0 atom stereocenters. The fraction of sp³-hybridized carbons (Fsp3) is 0.571. The van der Waals surface area contributed by atoms with Gasteiger partial charge in [-0.3, -0.25) is 0 Å². The molecule has 0 spiro atoms. The van der Waals surface area contributed by atoms with E-state index in [0.29, 0.717) is 11.1 Å². The van der Waals surface area contributed by atoms with Crippen LogP contribution in [0, 0.1) is 19.7 Å². The molecule has 0 aliphatic heterocycles. The van der Waals surface area contributed by atoms with Crippen LogP contribution in [-0.2, 0) is 10.0 Å². The number of aryl methyl sites for hydroxylation is 2. The standard InChI is InChI=1S/C14H19ClFNO2S/c1-9-7-12(16)8-10(2)14(9)20(18,19)17-13-5-3-11(15)4-6-13/h7-8,11,13,17H,3-6H2,1-2H3. The van der Waals surface area contributed by atoms with Gasteiger partial charge in [-0.25, -0.2) is 17.5 Å². The van der Waals surface area contributed by atoms with Crippen molar-refractivity contribution < 1.29 is 12.8 Å². The molecule has 0 saturated heterocycles. The van der Waals surface area contributed by atoms with Crippen LogP contribution < -0.4 is 4.72 Å². The maximum Gasteiger partial charge on any atom is 0.241 e. The van der Waals surface area contributed by atoms with Crippen molar-refractivity contribution in [3.63, 3.8) is 0 Å². The lowest BCUT2D eigenvalue weighted by Gasteiger charge is -2.26. The Morgan fingerprint density at radius 1 is 1.15 bits per heavy atom. The number of benzene rings is 1. The van der Waals surface area contributed by atoms with Gasteiger partial charge in [0.2, 0.25) is 10.0 Å². The highest BCUT2D eigenvalue weighted by atomic mass is 35.5. The molecule has 1 aliphatic carbocycles. The van der Waals surface area contributed by atoms with Crippen molar-refractivity contribution in [3.8, 4) is 0 Å². The van der Waals surface area contributed by atoms with Crippen LogP contribution in [0.25, 0.3) is 0 Å². The molecular weight excluding hydrogens is 301 g/mol. The molecular formula is C14H19ClFNO2S. The summed E-state index contributed by atoms with van der Waals surface area (Å²) in [5, 5.41) is 0.144. The molecule has 0 radical (unpaired) electrons. The van der Waals surface area contributed by atoms with Crippen molar-refractivity contribution in [2.24, 2.45) is 0 Å². The zero-order valence-electron chi connectivity index (χ0n) is 11.6. The van der Waals surface area contributed by atoms with Gasteiger partial charge < -0.3 is 0 Å². The summed E-state index contributed by atoms with van der Waals surface area (Å²) in [5.74, 6) is -0.415. The number of alkyl halides is 1. The summed E-state index contributed by atoms with van der Waals surface area (Å²) in [4.78, 5) is 0.187. The average Bonchev–Trinajstić information content (AvgIpc) is 2.30. The number of nitrogens with one attached hydrogen (secondary N) is 1. The Labute approximate surface area is 124 Å². The van der Waals surface area contributed by atoms with Gasteiger partial charge in [0.1, 0.15) is 5.82 Å². The van der Waals surface area contributed by atoms with Gasteiger partial charge in [-0.05, 0) is 62.8 Å².